The Labute approximate surface area is 123 Å². The van der Waals surface area contributed by atoms with E-state index in [2.05, 4.69) is 23.6 Å². The van der Waals surface area contributed by atoms with E-state index in [0.29, 0.717) is 5.02 Å². The van der Waals surface area contributed by atoms with Gasteiger partial charge in [-0.2, -0.15) is 0 Å². The van der Waals surface area contributed by atoms with Crippen molar-refractivity contribution in [3.8, 4) is 5.75 Å². The lowest BCUT2D eigenvalue weighted by Gasteiger charge is -2.25. The van der Waals surface area contributed by atoms with Crippen LogP contribution >= 0.6 is 11.6 Å². The fourth-order valence-corrected chi connectivity index (χ4v) is 2.89. The van der Waals surface area contributed by atoms with Gasteiger partial charge < -0.3 is 4.74 Å². The molecule has 1 aliphatic heterocycles. The summed E-state index contributed by atoms with van der Waals surface area (Å²) in [7, 11) is 0. The highest BCUT2D eigenvalue weighted by Crippen LogP contribution is 2.35. The highest BCUT2D eigenvalue weighted by molar-refractivity contribution is 6.30. The van der Waals surface area contributed by atoms with Gasteiger partial charge in [0.25, 0.3) is 0 Å². The Morgan fingerprint density at radius 3 is 2.85 bits per heavy atom. The van der Waals surface area contributed by atoms with E-state index >= 15 is 0 Å². The summed E-state index contributed by atoms with van der Waals surface area (Å²) in [5, 5.41) is 0.702. The molecule has 0 aromatic heterocycles. The molecular weight excluding hydrogens is 272 g/mol. The van der Waals surface area contributed by atoms with E-state index < -0.39 is 0 Å². The van der Waals surface area contributed by atoms with E-state index in [1.165, 1.54) is 5.56 Å². The molecule has 1 heterocycles. The second-order valence-electron chi connectivity index (χ2n) is 4.94. The number of hydrazine groups is 1. The van der Waals surface area contributed by atoms with Crippen molar-refractivity contribution in [1.29, 1.82) is 0 Å². The number of ether oxygens (including phenoxy) is 1. The number of halogens is 1. The van der Waals surface area contributed by atoms with Crippen molar-refractivity contribution in [3.63, 3.8) is 0 Å². The molecule has 20 heavy (non-hydrogen) atoms. The smallest absolute Gasteiger partial charge is 0.127 e. The van der Waals surface area contributed by atoms with Crippen LogP contribution in [0.3, 0.4) is 0 Å². The van der Waals surface area contributed by atoms with Gasteiger partial charge >= 0.3 is 0 Å². The van der Waals surface area contributed by atoms with Gasteiger partial charge in [0, 0.05) is 10.6 Å². The topological polar surface area (TPSA) is 47.3 Å². The number of benzene rings is 2. The molecule has 104 valence electrons. The van der Waals surface area contributed by atoms with Crippen LogP contribution in [0.2, 0.25) is 5.02 Å². The van der Waals surface area contributed by atoms with E-state index in [0.717, 1.165) is 36.3 Å². The molecule has 0 saturated carbocycles. The van der Waals surface area contributed by atoms with E-state index in [4.69, 9.17) is 22.2 Å². The van der Waals surface area contributed by atoms with Gasteiger partial charge in [-0.1, -0.05) is 41.9 Å². The van der Waals surface area contributed by atoms with Crippen LogP contribution in [0.25, 0.3) is 0 Å². The SMILES string of the molecule is NNC(c1cccc(Cl)c1)c1cccc2c1OCCC2. The molecule has 1 unspecified atom stereocenters. The minimum absolute atomic E-state index is 0.123. The molecule has 0 aliphatic carbocycles. The van der Waals surface area contributed by atoms with Crippen LogP contribution in [-0.2, 0) is 6.42 Å². The zero-order valence-corrected chi connectivity index (χ0v) is 11.9. The Morgan fingerprint density at radius 2 is 2.05 bits per heavy atom. The van der Waals surface area contributed by atoms with Crippen LogP contribution in [0, 0.1) is 0 Å². The minimum atomic E-state index is -0.123. The number of rotatable bonds is 3. The maximum atomic E-state index is 6.08. The van der Waals surface area contributed by atoms with Gasteiger partial charge in [-0.15, -0.1) is 0 Å². The third-order valence-corrected chi connectivity index (χ3v) is 3.86. The van der Waals surface area contributed by atoms with Crippen LogP contribution in [0.15, 0.2) is 42.5 Å². The van der Waals surface area contributed by atoms with Crippen molar-refractivity contribution in [3.05, 3.63) is 64.2 Å². The van der Waals surface area contributed by atoms with E-state index in [1.54, 1.807) is 0 Å². The van der Waals surface area contributed by atoms with Crippen molar-refractivity contribution < 1.29 is 4.74 Å². The van der Waals surface area contributed by atoms with E-state index in [1.807, 2.05) is 24.3 Å². The molecule has 2 aromatic rings. The molecule has 3 nitrogen and oxygen atoms in total. The summed E-state index contributed by atoms with van der Waals surface area (Å²) in [4.78, 5) is 0. The molecule has 4 heteroatoms. The van der Waals surface area contributed by atoms with Crippen molar-refractivity contribution in [2.75, 3.05) is 6.61 Å². The van der Waals surface area contributed by atoms with Gasteiger partial charge in [0.2, 0.25) is 0 Å². The zero-order chi connectivity index (χ0) is 13.9. The van der Waals surface area contributed by atoms with E-state index in [9.17, 15) is 0 Å². The highest BCUT2D eigenvalue weighted by Gasteiger charge is 2.21. The molecule has 0 bridgehead atoms. The van der Waals surface area contributed by atoms with Gasteiger partial charge in [0.1, 0.15) is 5.75 Å². The van der Waals surface area contributed by atoms with Gasteiger partial charge in [-0.25, -0.2) is 5.43 Å². The van der Waals surface area contributed by atoms with Crippen LogP contribution in [-0.4, -0.2) is 6.61 Å². The number of nitrogens with two attached hydrogens (primary N) is 1. The molecule has 2 aromatic carbocycles. The lowest BCUT2D eigenvalue weighted by Crippen LogP contribution is -2.29. The van der Waals surface area contributed by atoms with Crippen LogP contribution in [0.5, 0.6) is 5.75 Å². The first-order valence-electron chi connectivity index (χ1n) is 6.76. The Kier molecular flexibility index (Phi) is 3.92. The largest absolute Gasteiger partial charge is 0.493 e. The maximum absolute atomic E-state index is 6.08. The lowest BCUT2D eigenvalue weighted by atomic mass is 9.94. The Hall–Kier alpha value is -1.55. The third-order valence-electron chi connectivity index (χ3n) is 3.62. The van der Waals surface area contributed by atoms with Gasteiger partial charge in [-0.3, -0.25) is 5.84 Å². The molecule has 3 rings (SSSR count). The van der Waals surface area contributed by atoms with Crippen molar-refractivity contribution in [2.45, 2.75) is 18.9 Å². The predicted octanol–water partition coefficient (Wildman–Crippen LogP) is 3.22. The molecule has 0 fully saturated rings. The maximum Gasteiger partial charge on any atom is 0.127 e. The number of hydrogen-bond acceptors (Lipinski definition) is 3. The first kappa shape index (κ1) is 13.4. The van der Waals surface area contributed by atoms with Crippen LogP contribution in [0.4, 0.5) is 0 Å². The summed E-state index contributed by atoms with van der Waals surface area (Å²) in [5.74, 6) is 6.73. The summed E-state index contributed by atoms with van der Waals surface area (Å²) in [6.45, 7) is 0.761. The number of aryl methyl sites for hydroxylation is 1. The number of para-hydroxylation sites is 1. The van der Waals surface area contributed by atoms with Gasteiger partial charge in [0.15, 0.2) is 0 Å². The molecule has 1 atom stereocenters. The van der Waals surface area contributed by atoms with Gasteiger partial charge in [0.05, 0.1) is 12.6 Å². The summed E-state index contributed by atoms with van der Waals surface area (Å²) < 4.78 is 5.86. The normalized spacial score (nSPS) is 15.3. The Morgan fingerprint density at radius 1 is 1.20 bits per heavy atom. The van der Waals surface area contributed by atoms with Crippen molar-refractivity contribution in [2.24, 2.45) is 5.84 Å². The molecule has 0 spiro atoms. The van der Waals surface area contributed by atoms with E-state index in [-0.39, 0.29) is 6.04 Å². The average Bonchev–Trinajstić information content (AvgIpc) is 2.48. The number of nitrogens with one attached hydrogen (secondary N) is 1. The molecule has 0 saturated heterocycles. The number of fused-ring (bicyclic) bond motifs is 1. The van der Waals surface area contributed by atoms with Crippen LogP contribution < -0.4 is 16.0 Å². The first-order chi connectivity index (χ1) is 9.79. The summed E-state index contributed by atoms with van der Waals surface area (Å²) in [6.07, 6.45) is 2.12. The lowest BCUT2D eigenvalue weighted by molar-refractivity contribution is 0.283. The van der Waals surface area contributed by atoms with Crippen LogP contribution in [0.1, 0.15) is 29.2 Å². The standard InChI is InChI=1S/C16H17ClN2O/c17-13-7-1-5-12(10-13)15(19-18)14-8-2-4-11-6-3-9-20-16(11)14/h1-2,4-5,7-8,10,15,19H,3,6,9,18H2. The van der Waals surface area contributed by atoms with Crippen molar-refractivity contribution in [1.82, 2.24) is 5.43 Å². The number of hydrogen-bond donors (Lipinski definition) is 2. The quantitative estimate of drug-likeness (QED) is 0.673. The molecular formula is C16H17ClN2O. The summed E-state index contributed by atoms with van der Waals surface area (Å²) in [6, 6.07) is 13.8. The molecule has 1 aliphatic rings. The summed E-state index contributed by atoms with van der Waals surface area (Å²) in [5.41, 5.74) is 6.21. The fourth-order valence-electron chi connectivity index (χ4n) is 2.69. The molecule has 0 amide bonds. The zero-order valence-electron chi connectivity index (χ0n) is 11.1. The molecule has 0 radical (unpaired) electrons. The second-order valence-corrected chi connectivity index (χ2v) is 5.38. The third kappa shape index (κ3) is 2.52. The predicted molar refractivity (Wildman–Crippen MR) is 80.9 cm³/mol. The Bertz CT molecular complexity index is 615. The van der Waals surface area contributed by atoms with Crippen molar-refractivity contribution >= 4 is 11.6 Å². The highest BCUT2D eigenvalue weighted by atomic mass is 35.5. The fraction of sp³-hybridized carbons (Fsp3) is 0.250. The minimum Gasteiger partial charge on any atom is -0.493 e. The monoisotopic (exact) mass is 288 g/mol. The summed E-state index contributed by atoms with van der Waals surface area (Å²) >= 11 is 6.08. The average molecular weight is 289 g/mol. The Balaban J connectivity index is 2.06. The van der Waals surface area contributed by atoms with Gasteiger partial charge in [-0.05, 0) is 36.1 Å². The first-order valence-corrected chi connectivity index (χ1v) is 7.13. The second kappa shape index (κ2) is 5.83. The molecule has 3 N–H and O–H groups in total.